The highest BCUT2D eigenvalue weighted by Gasteiger charge is 2.46. The number of aryl methyl sites for hydroxylation is 1. The Morgan fingerprint density at radius 3 is 2.65 bits per heavy atom. The molecule has 0 aliphatic heterocycles. The molecule has 0 aromatic carbocycles. The molecule has 1 nitrogen and oxygen atoms in total. The molecular weight excluding hydrogens is 226 g/mol. The van der Waals surface area contributed by atoms with Crippen molar-refractivity contribution in [3.63, 3.8) is 0 Å². The highest BCUT2D eigenvalue weighted by molar-refractivity contribution is 7.08. The number of hydrogen-bond donors (Lipinski definition) is 1. The van der Waals surface area contributed by atoms with Crippen LogP contribution in [0.1, 0.15) is 56.1 Å². The summed E-state index contributed by atoms with van der Waals surface area (Å²) in [7, 11) is 0. The zero-order valence-electron chi connectivity index (χ0n) is 10.8. The molecule has 1 aromatic rings. The monoisotopic (exact) mass is 249 g/mol. The van der Waals surface area contributed by atoms with Crippen LogP contribution in [0.3, 0.4) is 0 Å². The van der Waals surface area contributed by atoms with Gasteiger partial charge in [-0.25, -0.2) is 0 Å². The van der Waals surface area contributed by atoms with Crippen LogP contribution in [0.5, 0.6) is 0 Å². The van der Waals surface area contributed by atoms with Gasteiger partial charge in [-0.2, -0.15) is 11.3 Å². The lowest BCUT2D eigenvalue weighted by molar-refractivity contribution is 0.0221. The molecule has 3 rings (SSSR count). The van der Waals surface area contributed by atoms with E-state index in [2.05, 4.69) is 23.0 Å². The molecule has 2 heteroatoms. The van der Waals surface area contributed by atoms with Crippen molar-refractivity contribution < 1.29 is 0 Å². The predicted molar refractivity (Wildman–Crippen MR) is 74.4 cm³/mol. The van der Waals surface area contributed by atoms with Gasteiger partial charge in [-0.15, -0.1) is 0 Å². The van der Waals surface area contributed by atoms with Crippen molar-refractivity contribution in [3.05, 3.63) is 21.9 Å². The van der Waals surface area contributed by atoms with E-state index >= 15 is 0 Å². The molecule has 94 valence electrons. The van der Waals surface area contributed by atoms with Crippen LogP contribution in [0.15, 0.2) is 10.8 Å². The highest BCUT2D eigenvalue weighted by Crippen LogP contribution is 2.51. The minimum absolute atomic E-state index is 0.697. The van der Waals surface area contributed by atoms with Crippen LogP contribution in [0.2, 0.25) is 0 Å². The van der Waals surface area contributed by atoms with E-state index in [4.69, 9.17) is 0 Å². The summed E-state index contributed by atoms with van der Waals surface area (Å²) in [5, 5.41) is 8.39. The van der Waals surface area contributed by atoms with Gasteiger partial charge in [-0.1, -0.05) is 19.3 Å². The van der Waals surface area contributed by atoms with Crippen molar-refractivity contribution in [1.29, 1.82) is 0 Å². The van der Waals surface area contributed by atoms with E-state index < -0.39 is 0 Å². The van der Waals surface area contributed by atoms with E-state index in [0.29, 0.717) is 5.41 Å². The molecule has 1 heterocycles. The van der Waals surface area contributed by atoms with Gasteiger partial charge in [0.1, 0.15) is 0 Å². The zero-order chi connectivity index (χ0) is 11.7. The molecule has 17 heavy (non-hydrogen) atoms. The number of nitrogens with one attached hydrogen (secondary N) is 1. The minimum Gasteiger partial charge on any atom is -0.309 e. The van der Waals surface area contributed by atoms with Gasteiger partial charge < -0.3 is 5.32 Å². The summed E-state index contributed by atoms with van der Waals surface area (Å²) in [6.45, 7) is 3.31. The lowest BCUT2D eigenvalue weighted by atomic mass is 9.57. The highest BCUT2D eigenvalue weighted by atomic mass is 32.1. The fourth-order valence-corrected chi connectivity index (χ4v) is 4.53. The summed E-state index contributed by atoms with van der Waals surface area (Å²) in [6.07, 6.45) is 10.3. The van der Waals surface area contributed by atoms with Crippen LogP contribution in [0.4, 0.5) is 0 Å². The van der Waals surface area contributed by atoms with Crippen molar-refractivity contribution in [2.45, 2.75) is 64.5 Å². The Morgan fingerprint density at radius 1 is 1.24 bits per heavy atom. The summed E-state index contributed by atoms with van der Waals surface area (Å²) in [5.74, 6) is 0. The third kappa shape index (κ3) is 2.17. The molecule has 2 aliphatic carbocycles. The summed E-state index contributed by atoms with van der Waals surface area (Å²) in [4.78, 5) is 0. The lowest BCUT2D eigenvalue weighted by Gasteiger charge is -2.52. The topological polar surface area (TPSA) is 12.0 Å². The Kier molecular flexibility index (Phi) is 3.27. The Bertz CT molecular complexity index is 376. The summed E-state index contributed by atoms with van der Waals surface area (Å²) in [5.41, 5.74) is 3.66. The molecule has 0 bridgehead atoms. The van der Waals surface area contributed by atoms with Crippen LogP contribution in [0.25, 0.3) is 0 Å². The molecule has 1 aromatic heterocycles. The second kappa shape index (κ2) is 4.74. The van der Waals surface area contributed by atoms with Crippen LogP contribution >= 0.6 is 11.3 Å². The number of rotatable bonds is 3. The summed E-state index contributed by atoms with van der Waals surface area (Å²) in [6, 6.07) is 0.807. The first kappa shape index (κ1) is 11.7. The van der Waals surface area contributed by atoms with Crippen LogP contribution in [-0.2, 0) is 6.54 Å². The van der Waals surface area contributed by atoms with Crippen molar-refractivity contribution in [1.82, 2.24) is 5.32 Å². The Morgan fingerprint density at radius 2 is 2.06 bits per heavy atom. The average Bonchev–Trinajstić information content (AvgIpc) is 2.75. The van der Waals surface area contributed by atoms with Crippen molar-refractivity contribution in [2.24, 2.45) is 5.41 Å². The first-order valence-corrected chi connectivity index (χ1v) is 7.99. The Balaban J connectivity index is 1.57. The van der Waals surface area contributed by atoms with Crippen molar-refractivity contribution in [3.8, 4) is 0 Å². The molecule has 2 fully saturated rings. The van der Waals surface area contributed by atoms with E-state index in [9.17, 15) is 0 Å². The standard InChI is InChI=1S/C15H23NS/c1-12-10-17-11-13(12)9-16-14-5-8-15(14)6-3-2-4-7-15/h10-11,14,16H,2-9H2,1H3. The van der Waals surface area contributed by atoms with Gasteiger partial charge in [-0.05, 0) is 59.9 Å². The molecule has 1 unspecified atom stereocenters. The lowest BCUT2D eigenvalue weighted by Crippen LogP contribution is -2.53. The number of thiophene rings is 1. The molecule has 2 aliphatic rings. The van der Waals surface area contributed by atoms with Crippen molar-refractivity contribution >= 4 is 11.3 Å². The third-order valence-electron chi connectivity index (χ3n) is 5.02. The van der Waals surface area contributed by atoms with Crippen LogP contribution < -0.4 is 5.32 Å². The van der Waals surface area contributed by atoms with Gasteiger partial charge in [-0.3, -0.25) is 0 Å². The summed E-state index contributed by atoms with van der Waals surface area (Å²) < 4.78 is 0. The second-order valence-corrected chi connectivity index (χ2v) is 6.72. The second-order valence-electron chi connectivity index (χ2n) is 5.98. The van der Waals surface area contributed by atoms with Gasteiger partial charge in [0.15, 0.2) is 0 Å². The smallest absolute Gasteiger partial charge is 0.0219 e. The maximum absolute atomic E-state index is 3.83. The quantitative estimate of drug-likeness (QED) is 0.844. The largest absolute Gasteiger partial charge is 0.309 e. The van der Waals surface area contributed by atoms with E-state index in [1.54, 1.807) is 0 Å². The SMILES string of the molecule is Cc1cscc1CNC1CCC12CCCCC2. The van der Waals surface area contributed by atoms with Gasteiger partial charge in [0.25, 0.3) is 0 Å². The van der Waals surface area contributed by atoms with E-state index in [-0.39, 0.29) is 0 Å². The molecule has 1 spiro atoms. The Labute approximate surface area is 109 Å². The normalized spacial score (nSPS) is 27.0. The maximum atomic E-state index is 3.83. The first-order valence-electron chi connectivity index (χ1n) is 7.05. The molecular formula is C15H23NS. The fraction of sp³-hybridized carbons (Fsp3) is 0.733. The molecule has 2 saturated carbocycles. The molecule has 1 atom stereocenters. The van der Waals surface area contributed by atoms with Gasteiger partial charge >= 0.3 is 0 Å². The van der Waals surface area contributed by atoms with Gasteiger partial charge in [0.05, 0.1) is 0 Å². The minimum atomic E-state index is 0.697. The van der Waals surface area contributed by atoms with E-state index in [1.807, 2.05) is 11.3 Å². The average molecular weight is 249 g/mol. The Hall–Kier alpha value is -0.340. The number of hydrogen-bond acceptors (Lipinski definition) is 2. The maximum Gasteiger partial charge on any atom is 0.0219 e. The van der Waals surface area contributed by atoms with Crippen LogP contribution in [-0.4, -0.2) is 6.04 Å². The van der Waals surface area contributed by atoms with Crippen LogP contribution in [0, 0.1) is 12.3 Å². The molecule has 0 saturated heterocycles. The molecule has 0 radical (unpaired) electrons. The molecule has 1 N–H and O–H groups in total. The fourth-order valence-electron chi connectivity index (χ4n) is 3.67. The first-order chi connectivity index (χ1) is 8.30. The molecule has 0 amide bonds. The van der Waals surface area contributed by atoms with Crippen molar-refractivity contribution in [2.75, 3.05) is 0 Å². The van der Waals surface area contributed by atoms with Gasteiger partial charge in [0.2, 0.25) is 0 Å². The van der Waals surface area contributed by atoms with E-state index in [0.717, 1.165) is 12.6 Å². The third-order valence-corrected chi connectivity index (χ3v) is 5.93. The van der Waals surface area contributed by atoms with E-state index in [1.165, 1.54) is 56.1 Å². The summed E-state index contributed by atoms with van der Waals surface area (Å²) >= 11 is 1.83. The predicted octanol–water partition coefficient (Wildman–Crippen LogP) is 4.26. The zero-order valence-corrected chi connectivity index (χ0v) is 11.6. The van der Waals surface area contributed by atoms with Gasteiger partial charge in [0, 0.05) is 12.6 Å².